The zero-order valence-electron chi connectivity index (χ0n) is 37.0. The third-order valence-electron chi connectivity index (χ3n) is 11.0. The van der Waals surface area contributed by atoms with E-state index in [1.165, 1.54) is 0 Å². The Labute approximate surface area is 364 Å². The van der Waals surface area contributed by atoms with Crippen molar-refractivity contribution in [3.8, 4) is 0 Å². The number of nitrogens with one attached hydrogen (secondary N) is 6. The van der Waals surface area contributed by atoms with Crippen molar-refractivity contribution >= 4 is 41.8 Å². The first-order valence-corrected chi connectivity index (χ1v) is 21.6. The highest BCUT2D eigenvalue weighted by molar-refractivity contribution is 5.95. The van der Waals surface area contributed by atoms with Gasteiger partial charge in [-0.3, -0.25) is 19.2 Å². The topological polar surface area (TPSA) is 228 Å². The van der Waals surface area contributed by atoms with E-state index in [9.17, 15) is 38.7 Å². The highest BCUT2D eigenvalue weighted by atomic mass is 16.6. The van der Waals surface area contributed by atoms with Crippen molar-refractivity contribution in [2.75, 3.05) is 39.8 Å². The second kappa shape index (κ2) is 22.8. The molecule has 2 aromatic carbocycles. The second-order valence-electron chi connectivity index (χ2n) is 17.9. The van der Waals surface area contributed by atoms with Crippen molar-refractivity contribution in [3.05, 3.63) is 71.8 Å². The van der Waals surface area contributed by atoms with Gasteiger partial charge in [-0.15, -0.1) is 0 Å². The molecule has 0 aromatic heterocycles. The van der Waals surface area contributed by atoms with Crippen LogP contribution in [0.4, 0.5) is 14.4 Å². The number of carbonyl (C=O) groups is 7. The first-order valence-electron chi connectivity index (χ1n) is 21.6. The molecule has 1 spiro atoms. The Hall–Kier alpha value is -5.87. The zero-order chi connectivity index (χ0) is 45.5. The highest BCUT2D eigenvalue weighted by Crippen LogP contribution is 2.39. The summed E-state index contributed by atoms with van der Waals surface area (Å²) in [6.45, 7) is 11.4. The molecule has 340 valence electrons. The van der Waals surface area contributed by atoms with Crippen LogP contribution in [0.2, 0.25) is 0 Å². The molecule has 7 N–H and O–H groups in total. The molecule has 4 rings (SSSR count). The van der Waals surface area contributed by atoms with E-state index in [-0.39, 0.29) is 49.0 Å². The maximum Gasteiger partial charge on any atom is 0.407 e. The fraction of sp³-hybridized carbons (Fsp3) is 0.578. The van der Waals surface area contributed by atoms with Crippen LogP contribution in [0.1, 0.15) is 84.3 Å². The quantitative estimate of drug-likeness (QED) is 0.102. The smallest absolute Gasteiger partial charge is 0.407 e. The van der Waals surface area contributed by atoms with Gasteiger partial charge in [0.25, 0.3) is 0 Å². The summed E-state index contributed by atoms with van der Waals surface area (Å²) in [5.41, 5.74) is 0.522. The van der Waals surface area contributed by atoms with Crippen molar-refractivity contribution in [1.29, 1.82) is 0 Å². The van der Waals surface area contributed by atoms with E-state index >= 15 is 0 Å². The van der Waals surface area contributed by atoms with Gasteiger partial charge in [0.2, 0.25) is 23.6 Å². The molecule has 0 radical (unpaired) electrons. The van der Waals surface area contributed by atoms with Gasteiger partial charge in [0.15, 0.2) is 0 Å². The lowest BCUT2D eigenvalue weighted by atomic mass is 9.86. The normalized spacial score (nSPS) is 18.0. The summed E-state index contributed by atoms with van der Waals surface area (Å²) >= 11 is 0. The summed E-state index contributed by atoms with van der Waals surface area (Å²) in [6, 6.07) is 13.3. The fourth-order valence-corrected chi connectivity index (χ4v) is 7.97. The standard InChI is InChI=1S/C45H66N8O9/c1-30(2)25-34(49-38(55)35(26-31-15-9-7-10-16-31)50-39(56)36(51-42(59)60)27-32-17-11-8-12-18-32)37(54)48-33(19-13-14-22-47-43(61)62-44(3,4)5)40(57)52-23-20-45(28-52)21-24-53(29-45)41(58)46-6/h7-12,15-18,30,33-36,51H,13-14,19-29H2,1-6H3,(H,46,58)(H,47,61)(H,48,54)(H,49,55)(H,50,56)(H,59,60)/t33-,34-,35-,36-,45?/m1/s1. The molecular weight excluding hydrogens is 797 g/mol. The molecule has 2 saturated heterocycles. The average Bonchev–Trinajstić information content (AvgIpc) is 3.84. The van der Waals surface area contributed by atoms with Crippen molar-refractivity contribution in [1.82, 2.24) is 41.7 Å². The Morgan fingerprint density at radius 2 is 1.21 bits per heavy atom. The van der Waals surface area contributed by atoms with Crippen molar-refractivity contribution in [3.63, 3.8) is 0 Å². The summed E-state index contributed by atoms with van der Waals surface area (Å²) in [5.74, 6) is -2.28. The first kappa shape index (κ1) is 48.8. The number of carbonyl (C=O) groups excluding carboxylic acids is 6. The molecule has 2 aliphatic heterocycles. The number of amides is 8. The van der Waals surface area contributed by atoms with Gasteiger partial charge in [-0.2, -0.15) is 0 Å². The van der Waals surface area contributed by atoms with Crippen molar-refractivity contribution in [2.45, 2.75) is 116 Å². The fourth-order valence-electron chi connectivity index (χ4n) is 7.97. The minimum atomic E-state index is -1.40. The summed E-state index contributed by atoms with van der Waals surface area (Å²) in [6.07, 6.45) is 1.02. The number of ether oxygens (including phenoxy) is 1. The van der Waals surface area contributed by atoms with Gasteiger partial charge in [0, 0.05) is 58.0 Å². The number of hydrogen-bond donors (Lipinski definition) is 7. The molecule has 8 amide bonds. The summed E-state index contributed by atoms with van der Waals surface area (Å²) < 4.78 is 5.33. The Kier molecular flexibility index (Phi) is 18.0. The molecule has 0 aliphatic carbocycles. The number of urea groups is 1. The highest BCUT2D eigenvalue weighted by Gasteiger charge is 2.47. The Balaban J connectivity index is 1.52. The lowest BCUT2D eigenvalue weighted by molar-refractivity contribution is -0.137. The molecule has 2 aliphatic rings. The predicted molar refractivity (Wildman–Crippen MR) is 233 cm³/mol. The van der Waals surface area contributed by atoms with Crippen molar-refractivity contribution < 1.29 is 43.4 Å². The monoisotopic (exact) mass is 862 g/mol. The zero-order valence-corrected chi connectivity index (χ0v) is 37.0. The molecule has 2 aromatic rings. The molecule has 62 heavy (non-hydrogen) atoms. The molecule has 0 saturated carbocycles. The minimum absolute atomic E-state index is 0.0357. The number of carboxylic acid groups (broad SMARTS) is 1. The van der Waals surface area contributed by atoms with Crippen LogP contribution < -0.4 is 31.9 Å². The third kappa shape index (κ3) is 15.5. The first-order chi connectivity index (χ1) is 29.4. The number of unbranched alkanes of at least 4 members (excludes halogenated alkanes) is 1. The molecule has 5 atom stereocenters. The van der Waals surface area contributed by atoms with Crippen LogP contribution in [0.15, 0.2) is 60.7 Å². The number of rotatable bonds is 19. The maximum absolute atomic E-state index is 14.3. The maximum atomic E-state index is 14.3. The summed E-state index contributed by atoms with van der Waals surface area (Å²) in [5, 5.41) is 25.8. The van der Waals surface area contributed by atoms with Gasteiger partial charge in [-0.1, -0.05) is 74.5 Å². The molecule has 17 nitrogen and oxygen atoms in total. The number of benzene rings is 2. The van der Waals surface area contributed by atoms with E-state index < -0.39 is 59.7 Å². The van der Waals surface area contributed by atoms with Gasteiger partial charge in [-0.05, 0) is 76.3 Å². The van der Waals surface area contributed by atoms with Crippen LogP contribution >= 0.6 is 0 Å². The van der Waals surface area contributed by atoms with E-state index in [2.05, 4.69) is 31.9 Å². The van der Waals surface area contributed by atoms with E-state index in [0.29, 0.717) is 57.5 Å². The lowest BCUT2D eigenvalue weighted by Crippen LogP contribution is -2.59. The Morgan fingerprint density at radius 1 is 0.710 bits per heavy atom. The largest absolute Gasteiger partial charge is 0.465 e. The van der Waals surface area contributed by atoms with Crippen molar-refractivity contribution in [2.24, 2.45) is 11.3 Å². The van der Waals surface area contributed by atoms with Gasteiger partial charge in [-0.25, -0.2) is 14.4 Å². The second-order valence-corrected chi connectivity index (χ2v) is 17.9. The molecule has 0 bridgehead atoms. The van der Waals surface area contributed by atoms with Gasteiger partial charge in [0.1, 0.15) is 29.8 Å². The van der Waals surface area contributed by atoms with E-state index in [1.807, 2.05) is 19.9 Å². The van der Waals surface area contributed by atoms with Gasteiger partial charge >= 0.3 is 18.2 Å². The van der Waals surface area contributed by atoms with E-state index in [1.54, 1.807) is 92.2 Å². The SMILES string of the molecule is CNC(=O)N1CCC2(CCN(C(=O)[C@@H](CCCCNC(=O)OC(C)(C)C)NC(=O)[C@@H](CC(C)C)NC(=O)[C@@H](Cc3ccccc3)NC(=O)[C@@H](Cc3ccccc3)NC(=O)O)C2)C1. The minimum Gasteiger partial charge on any atom is -0.465 e. The van der Waals surface area contributed by atoms with Crippen LogP contribution in [0.5, 0.6) is 0 Å². The van der Waals surface area contributed by atoms with Gasteiger partial charge in [0.05, 0.1) is 0 Å². The number of likely N-dealkylation sites (tertiary alicyclic amines) is 2. The Bertz CT molecular complexity index is 1840. The van der Waals surface area contributed by atoms with E-state index in [4.69, 9.17) is 4.74 Å². The number of hydrogen-bond acceptors (Lipinski definition) is 8. The number of alkyl carbamates (subject to hydrolysis) is 1. The predicted octanol–water partition coefficient (Wildman–Crippen LogP) is 3.57. The molecule has 2 heterocycles. The average molecular weight is 863 g/mol. The number of nitrogens with zero attached hydrogens (tertiary/aromatic N) is 2. The van der Waals surface area contributed by atoms with E-state index in [0.717, 1.165) is 12.0 Å². The molecular formula is C45H66N8O9. The van der Waals surface area contributed by atoms with Crippen LogP contribution in [0.25, 0.3) is 0 Å². The summed E-state index contributed by atoms with van der Waals surface area (Å²) in [4.78, 5) is 96.5. The molecule has 17 heteroatoms. The van der Waals surface area contributed by atoms with Crippen LogP contribution in [0.3, 0.4) is 0 Å². The lowest BCUT2D eigenvalue weighted by Gasteiger charge is -2.29. The summed E-state index contributed by atoms with van der Waals surface area (Å²) in [7, 11) is 1.59. The third-order valence-corrected chi connectivity index (χ3v) is 11.0. The van der Waals surface area contributed by atoms with Crippen LogP contribution in [-0.2, 0) is 36.8 Å². The van der Waals surface area contributed by atoms with Gasteiger partial charge < -0.3 is 51.5 Å². The van der Waals surface area contributed by atoms with Crippen LogP contribution in [0, 0.1) is 11.3 Å². The Morgan fingerprint density at radius 3 is 1.74 bits per heavy atom. The molecule has 1 unspecified atom stereocenters. The van der Waals surface area contributed by atoms with Crippen LogP contribution in [-0.4, -0.2) is 126 Å². The molecule has 2 fully saturated rings.